The molecule has 0 amide bonds. The summed E-state index contributed by atoms with van der Waals surface area (Å²) in [4.78, 5) is 10.8. The molecule has 0 radical (unpaired) electrons. The summed E-state index contributed by atoms with van der Waals surface area (Å²) in [6.07, 6.45) is 0.746. The fourth-order valence-corrected chi connectivity index (χ4v) is 1.55. The predicted molar refractivity (Wildman–Crippen MR) is 60.4 cm³/mol. The van der Waals surface area contributed by atoms with Crippen LogP contribution < -0.4 is 9.47 Å². The lowest BCUT2D eigenvalue weighted by atomic mass is 9.98. The van der Waals surface area contributed by atoms with Gasteiger partial charge < -0.3 is 14.6 Å². The van der Waals surface area contributed by atoms with Crippen LogP contribution in [0.1, 0.15) is 28.8 Å². The number of carbonyl (C=O) groups is 1. The van der Waals surface area contributed by atoms with Gasteiger partial charge in [0.05, 0.1) is 14.2 Å². The molecule has 16 heavy (non-hydrogen) atoms. The van der Waals surface area contributed by atoms with Crippen molar-refractivity contribution in [3.8, 4) is 11.5 Å². The molecule has 0 bridgehead atoms. The number of carbonyl (C=O) groups excluding carboxylic acids is 1. The van der Waals surface area contributed by atoms with Gasteiger partial charge in [-0.2, -0.15) is 0 Å². The number of aliphatic hydroxyl groups is 1. The molecule has 1 unspecified atom stereocenters. The normalized spacial score (nSPS) is 12.0. The molecule has 1 rings (SSSR count). The molecule has 0 spiro atoms. The average Bonchev–Trinajstić information content (AvgIpc) is 2.35. The molecule has 4 nitrogen and oxygen atoms in total. The van der Waals surface area contributed by atoms with Gasteiger partial charge in [0, 0.05) is 23.7 Å². The minimum absolute atomic E-state index is 0.0121. The van der Waals surface area contributed by atoms with Gasteiger partial charge in [0.15, 0.2) is 11.5 Å². The molecule has 88 valence electrons. The van der Waals surface area contributed by atoms with Gasteiger partial charge in [0.2, 0.25) is 0 Å². The quantitative estimate of drug-likeness (QED) is 0.772. The van der Waals surface area contributed by atoms with E-state index in [1.165, 1.54) is 14.2 Å². The number of ether oxygens (including phenoxy) is 2. The highest BCUT2D eigenvalue weighted by molar-refractivity contribution is 5.77. The van der Waals surface area contributed by atoms with E-state index in [4.69, 9.17) is 14.6 Å². The Morgan fingerprint density at radius 2 is 2.06 bits per heavy atom. The zero-order valence-electron chi connectivity index (χ0n) is 9.69. The Balaban J connectivity index is 3.36. The van der Waals surface area contributed by atoms with Crippen molar-refractivity contribution in [3.05, 3.63) is 23.3 Å². The van der Waals surface area contributed by atoms with E-state index in [0.717, 1.165) is 11.8 Å². The number of rotatable bonds is 5. The van der Waals surface area contributed by atoms with Gasteiger partial charge in [-0.3, -0.25) is 4.79 Å². The molecule has 4 heteroatoms. The number of hydrogen-bond donors (Lipinski definition) is 1. The fourth-order valence-electron chi connectivity index (χ4n) is 1.55. The number of benzene rings is 1. The molecule has 0 saturated heterocycles. The highest BCUT2D eigenvalue weighted by atomic mass is 16.5. The zero-order chi connectivity index (χ0) is 12.1. The van der Waals surface area contributed by atoms with E-state index in [1.807, 2.05) is 6.92 Å². The van der Waals surface area contributed by atoms with Crippen LogP contribution in [0, 0.1) is 0 Å². The fraction of sp³-hybridized carbons (Fsp3) is 0.417. The SMILES string of the molecule is COc1cc(C=O)cc(C(C)CO)c1OC. The van der Waals surface area contributed by atoms with Crippen molar-refractivity contribution in [1.29, 1.82) is 0 Å². The van der Waals surface area contributed by atoms with Crippen LogP contribution in [0.5, 0.6) is 11.5 Å². The van der Waals surface area contributed by atoms with Crippen LogP contribution in [0.25, 0.3) is 0 Å². The topological polar surface area (TPSA) is 55.8 Å². The Hall–Kier alpha value is -1.55. The second kappa shape index (κ2) is 5.51. The van der Waals surface area contributed by atoms with E-state index in [2.05, 4.69) is 0 Å². The summed E-state index contributed by atoms with van der Waals surface area (Å²) in [5.74, 6) is 0.959. The number of aldehydes is 1. The molecule has 1 aromatic carbocycles. The second-order valence-corrected chi connectivity index (χ2v) is 3.55. The van der Waals surface area contributed by atoms with Crippen molar-refractivity contribution in [3.63, 3.8) is 0 Å². The molecule has 1 aromatic rings. The van der Waals surface area contributed by atoms with Gasteiger partial charge in [-0.05, 0) is 12.1 Å². The zero-order valence-corrected chi connectivity index (χ0v) is 9.69. The minimum Gasteiger partial charge on any atom is -0.493 e. The first-order valence-electron chi connectivity index (χ1n) is 4.99. The van der Waals surface area contributed by atoms with Crippen LogP contribution in [0.4, 0.5) is 0 Å². The highest BCUT2D eigenvalue weighted by Gasteiger charge is 2.16. The first-order valence-corrected chi connectivity index (χ1v) is 4.99. The lowest BCUT2D eigenvalue weighted by molar-refractivity contribution is 0.112. The summed E-state index contributed by atoms with van der Waals surface area (Å²) in [5, 5.41) is 9.15. The van der Waals surface area contributed by atoms with Crippen LogP contribution in [0.15, 0.2) is 12.1 Å². The standard InChI is InChI=1S/C12H16O4/c1-8(6-13)10-4-9(7-14)5-11(15-2)12(10)16-3/h4-5,7-8,13H,6H2,1-3H3. The molecule has 0 aromatic heterocycles. The van der Waals surface area contributed by atoms with E-state index in [1.54, 1.807) is 12.1 Å². The van der Waals surface area contributed by atoms with Crippen molar-refractivity contribution in [1.82, 2.24) is 0 Å². The molecule has 0 saturated carbocycles. The third-order valence-corrected chi connectivity index (χ3v) is 2.47. The number of hydrogen-bond acceptors (Lipinski definition) is 4. The minimum atomic E-state index is -0.108. The molecule has 1 atom stereocenters. The Kier molecular flexibility index (Phi) is 4.31. The highest BCUT2D eigenvalue weighted by Crippen LogP contribution is 2.36. The summed E-state index contributed by atoms with van der Waals surface area (Å²) < 4.78 is 10.4. The Morgan fingerprint density at radius 1 is 1.38 bits per heavy atom. The molecule has 1 N–H and O–H groups in total. The molecule has 0 aliphatic rings. The van der Waals surface area contributed by atoms with E-state index >= 15 is 0 Å². The van der Waals surface area contributed by atoms with Gasteiger partial charge in [0.1, 0.15) is 6.29 Å². The maximum atomic E-state index is 10.8. The Morgan fingerprint density at radius 3 is 2.50 bits per heavy atom. The predicted octanol–water partition coefficient (Wildman–Crippen LogP) is 1.61. The molecule has 0 aliphatic heterocycles. The van der Waals surface area contributed by atoms with Crippen LogP contribution in [0.3, 0.4) is 0 Å². The summed E-state index contributed by atoms with van der Waals surface area (Å²) >= 11 is 0. The van der Waals surface area contributed by atoms with Crippen LogP contribution in [-0.2, 0) is 0 Å². The maximum absolute atomic E-state index is 10.8. The van der Waals surface area contributed by atoms with Gasteiger partial charge in [-0.15, -0.1) is 0 Å². The van der Waals surface area contributed by atoms with E-state index < -0.39 is 0 Å². The second-order valence-electron chi connectivity index (χ2n) is 3.55. The summed E-state index contributed by atoms with van der Waals surface area (Å²) in [6, 6.07) is 3.31. The summed E-state index contributed by atoms with van der Waals surface area (Å²) in [7, 11) is 3.05. The van der Waals surface area contributed by atoms with Crippen molar-refractivity contribution in [2.75, 3.05) is 20.8 Å². The Bertz CT molecular complexity index is 374. The lowest BCUT2D eigenvalue weighted by Crippen LogP contribution is -2.04. The lowest BCUT2D eigenvalue weighted by Gasteiger charge is -2.17. The van der Waals surface area contributed by atoms with Gasteiger partial charge in [-0.25, -0.2) is 0 Å². The van der Waals surface area contributed by atoms with Crippen LogP contribution in [0.2, 0.25) is 0 Å². The van der Waals surface area contributed by atoms with Crippen molar-refractivity contribution >= 4 is 6.29 Å². The number of methoxy groups -OCH3 is 2. The van der Waals surface area contributed by atoms with Crippen molar-refractivity contribution in [2.45, 2.75) is 12.8 Å². The van der Waals surface area contributed by atoms with Crippen molar-refractivity contribution in [2.24, 2.45) is 0 Å². The van der Waals surface area contributed by atoms with E-state index in [-0.39, 0.29) is 12.5 Å². The maximum Gasteiger partial charge on any atom is 0.164 e. The third kappa shape index (κ3) is 2.33. The van der Waals surface area contributed by atoms with Gasteiger partial charge >= 0.3 is 0 Å². The van der Waals surface area contributed by atoms with Crippen molar-refractivity contribution < 1.29 is 19.4 Å². The van der Waals surface area contributed by atoms with Gasteiger partial charge in [0.25, 0.3) is 0 Å². The summed E-state index contributed by atoms with van der Waals surface area (Å²) in [5.41, 5.74) is 1.28. The van der Waals surface area contributed by atoms with E-state index in [9.17, 15) is 4.79 Å². The van der Waals surface area contributed by atoms with Crippen LogP contribution in [-0.4, -0.2) is 32.2 Å². The first-order chi connectivity index (χ1) is 7.67. The largest absolute Gasteiger partial charge is 0.493 e. The molecule has 0 aliphatic carbocycles. The smallest absolute Gasteiger partial charge is 0.164 e. The Labute approximate surface area is 94.8 Å². The first kappa shape index (κ1) is 12.5. The summed E-state index contributed by atoms with van der Waals surface area (Å²) in [6.45, 7) is 1.84. The molecular formula is C12H16O4. The average molecular weight is 224 g/mol. The third-order valence-electron chi connectivity index (χ3n) is 2.47. The molecule has 0 heterocycles. The molecule has 0 fully saturated rings. The van der Waals surface area contributed by atoms with Crippen LogP contribution >= 0.6 is 0 Å². The van der Waals surface area contributed by atoms with Gasteiger partial charge in [-0.1, -0.05) is 6.92 Å². The monoisotopic (exact) mass is 224 g/mol. The number of aliphatic hydroxyl groups excluding tert-OH is 1. The molecular weight excluding hydrogens is 208 g/mol. The van der Waals surface area contributed by atoms with E-state index in [0.29, 0.717) is 17.1 Å².